The zero-order chi connectivity index (χ0) is 12.4. The standard InChI is InChI=1S/C12H17N5S/c1-16(9-12-14-3-5-18-12)8-10-6-11-7-13-2-4-17(11)15-10/h3,5-6,13H,2,4,7-9H2,1H3. The van der Waals surface area contributed by atoms with Crippen LogP contribution in [0.2, 0.25) is 0 Å². The first-order chi connectivity index (χ1) is 8.81. The van der Waals surface area contributed by atoms with Crippen molar-refractivity contribution in [3.63, 3.8) is 0 Å². The van der Waals surface area contributed by atoms with E-state index in [9.17, 15) is 0 Å². The Balaban J connectivity index is 1.63. The van der Waals surface area contributed by atoms with Crippen molar-refractivity contribution < 1.29 is 0 Å². The minimum atomic E-state index is 0.875. The Bertz CT molecular complexity index is 481. The van der Waals surface area contributed by atoms with Crippen LogP contribution in [0.1, 0.15) is 16.4 Å². The number of hydrogen-bond acceptors (Lipinski definition) is 5. The predicted molar refractivity (Wildman–Crippen MR) is 71.2 cm³/mol. The Hall–Kier alpha value is -1.24. The van der Waals surface area contributed by atoms with Crippen LogP contribution in [0.3, 0.4) is 0 Å². The van der Waals surface area contributed by atoms with Crippen molar-refractivity contribution in [1.29, 1.82) is 0 Å². The summed E-state index contributed by atoms with van der Waals surface area (Å²) in [5, 5.41) is 11.2. The lowest BCUT2D eigenvalue weighted by molar-refractivity contribution is 0.312. The Labute approximate surface area is 110 Å². The summed E-state index contributed by atoms with van der Waals surface area (Å²) in [5.74, 6) is 0. The molecule has 96 valence electrons. The molecule has 1 aliphatic heterocycles. The van der Waals surface area contributed by atoms with Gasteiger partial charge in [0.05, 0.1) is 24.5 Å². The highest BCUT2D eigenvalue weighted by Gasteiger charge is 2.13. The molecule has 0 spiro atoms. The van der Waals surface area contributed by atoms with Crippen molar-refractivity contribution in [3.05, 3.63) is 34.0 Å². The molecule has 0 radical (unpaired) electrons. The first kappa shape index (κ1) is 11.8. The van der Waals surface area contributed by atoms with E-state index in [1.54, 1.807) is 11.3 Å². The van der Waals surface area contributed by atoms with Crippen LogP contribution in [0.5, 0.6) is 0 Å². The van der Waals surface area contributed by atoms with Crippen LogP contribution in [0.25, 0.3) is 0 Å². The monoisotopic (exact) mass is 263 g/mol. The lowest BCUT2D eigenvalue weighted by atomic mass is 10.3. The highest BCUT2D eigenvalue weighted by Crippen LogP contribution is 2.12. The van der Waals surface area contributed by atoms with Gasteiger partial charge in [-0.15, -0.1) is 11.3 Å². The number of nitrogens with one attached hydrogen (secondary N) is 1. The van der Waals surface area contributed by atoms with E-state index in [0.29, 0.717) is 0 Å². The van der Waals surface area contributed by atoms with Crippen molar-refractivity contribution in [3.8, 4) is 0 Å². The first-order valence-electron chi connectivity index (χ1n) is 6.14. The fourth-order valence-corrected chi connectivity index (χ4v) is 2.92. The number of aromatic nitrogens is 3. The van der Waals surface area contributed by atoms with Crippen molar-refractivity contribution in [2.45, 2.75) is 26.2 Å². The van der Waals surface area contributed by atoms with E-state index in [4.69, 9.17) is 0 Å². The zero-order valence-corrected chi connectivity index (χ0v) is 11.3. The fraction of sp³-hybridized carbons (Fsp3) is 0.500. The van der Waals surface area contributed by atoms with Gasteiger partial charge in [0.15, 0.2) is 0 Å². The summed E-state index contributed by atoms with van der Waals surface area (Å²) in [7, 11) is 2.11. The Morgan fingerprint density at radius 2 is 2.44 bits per heavy atom. The largest absolute Gasteiger partial charge is 0.309 e. The van der Waals surface area contributed by atoms with Crippen molar-refractivity contribution in [1.82, 2.24) is 25.0 Å². The highest BCUT2D eigenvalue weighted by atomic mass is 32.1. The van der Waals surface area contributed by atoms with Crippen LogP contribution < -0.4 is 5.32 Å². The van der Waals surface area contributed by atoms with Crippen LogP contribution in [-0.2, 0) is 26.2 Å². The normalized spacial score (nSPS) is 15.0. The van der Waals surface area contributed by atoms with E-state index in [-0.39, 0.29) is 0 Å². The van der Waals surface area contributed by atoms with Gasteiger partial charge >= 0.3 is 0 Å². The number of fused-ring (bicyclic) bond motifs is 1. The second-order valence-electron chi connectivity index (χ2n) is 4.63. The fourth-order valence-electron chi connectivity index (χ4n) is 2.22. The van der Waals surface area contributed by atoms with Gasteiger partial charge in [0, 0.05) is 31.2 Å². The molecule has 2 aromatic rings. The molecule has 18 heavy (non-hydrogen) atoms. The van der Waals surface area contributed by atoms with E-state index in [0.717, 1.165) is 43.4 Å². The van der Waals surface area contributed by atoms with Gasteiger partial charge in [-0.3, -0.25) is 9.58 Å². The summed E-state index contributed by atoms with van der Waals surface area (Å²) in [6, 6.07) is 2.20. The molecule has 3 heterocycles. The summed E-state index contributed by atoms with van der Waals surface area (Å²) >= 11 is 1.70. The second-order valence-corrected chi connectivity index (χ2v) is 5.60. The second kappa shape index (κ2) is 5.17. The van der Waals surface area contributed by atoms with Crippen molar-refractivity contribution in [2.75, 3.05) is 13.6 Å². The highest BCUT2D eigenvalue weighted by molar-refractivity contribution is 7.09. The third-order valence-corrected chi connectivity index (χ3v) is 3.81. The molecule has 1 N–H and O–H groups in total. The molecular weight excluding hydrogens is 246 g/mol. The number of rotatable bonds is 4. The lowest BCUT2D eigenvalue weighted by Crippen LogP contribution is -2.28. The molecule has 0 amide bonds. The van der Waals surface area contributed by atoms with E-state index < -0.39 is 0 Å². The molecule has 0 aliphatic carbocycles. The van der Waals surface area contributed by atoms with Gasteiger partial charge in [-0.25, -0.2) is 4.98 Å². The predicted octanol–water partition coefficient (Wildman–Crippen LogP) is 1.07. The van der Waals surface area contributed by atoms with Crippen LogP contribution in [0.4, 0.5) is 0 Å². The average molecular weight is 263 g/mol. The van der Waals surface area contributed by atoms with Gasteiger partial charge in [-0.2, -0.15) is 5.10 Å². The Kier molecular flexibility index (Phi) is 3.40. The molecule has 0 unspecified atom stereocenters. The topological polar surface area (TPSA) is 46.0 Å². The van der Waals surface area contributed by atoms with Gasteiger partial charge in [0.2, 0.25) is 0 Å². The Morgan fingerprint density at radius 3 is 3.22 bits per heavy atom. The summed E-state index contributed by atoms with van der Waals surface area (Å²) < 4.78 is 2.11. The molecule has 5 nitrogen and oxygen atoms in total. The van der Waals surface area contributed by atoms with E-state index in [2.05, 4.69) is 38.1 Å². The molecule has 0 saturated carbocycles. The molecule has 0 aromatic carbocycles. The average Bonchev–Trinajstić information content (AvgIpc) is 2.96. The lowest BCUT2D eigenvalue weighted by Gasteiger charge is -2.14. The SMILES string of the molecule is CN(Cc1cc2n(n1)CCNC2)Cc1nccs1. The van der Waals surface area contributed by atoms with Crippen molar-refractivity contribution >= 4 is 11.3 Å². The summed E-state index contributed by atoms with van der Waals surface area (Å²) in [6.45, 7) is 4.69. The smallest absolute Gasteiger partial charge is 0.107 e. The zero-order valence-electron chi connectivity index (χ0n) is 10.5. The molecular formula is C12H17N5S. The summed E-state index contributed by atoms with van der Waals surface area (Å²) in [4.78, 5) is 6.55. The maximum atomic E-state index is 4.64. The van der Waals surface area contributed by atoms with E-state index >= 15 is 0 Å². The quantitative estimate of drug-likeness (QED) is 0.896. The van der Waals surface area contributed by atoms with Crippen LogP contribution in [0.15, 0.2) is 17.6 Å². The minimum absolute atomic E-state index is 0.875. The van der Waals surface area contributed by atoms with E-state index in [1.165, 1.54) is 5.69 Å². The van der Waals surface area contributed by atoms with E-state index in [1.807, 2.05) is 11.6 Å². The maximum Gasteiger partial charge on any atom is 0.107 e. The number of thiazole rings is 1. The van der Waals surface area contributed by atoms with Crippen LogP contribution in [0, 0.1) is 0 Å². The number of hydrogen-bond donors (Lipinski definition) is 1. The summed E-state index contributed by atoms with van der Waals surface area (Å²) in [6.07, 6.45) is 1.86. The molecule has 1 aliphatic rings. The first-order valence-corrected chi connectivity index (χ1v) is 7.02. The van der Waals surface area contributed by atoms with Gasteiger partial charge in [0.25, 0.3) is 0 Å². The molecule has 0 fully saturated rings. The molecule has 6 heteroatoms. The molecule has 0 atom stereocenters. The molecule has 0 saturated heterocycles. The van der Waals surface area contributed by atoms with Gasteiger partial charge in [-0.05, 0) is 13.1 Å². The van der Waals surface area contributed by atoms with Crippen molar-refractivity contribution in [2.24, 2.45) is 0 Å². The Morgan fingerprint density at radius 1 is 1.50 bits per heavy atom. The third-order valence-electron chi connectivity index (χ3n) is 3.04. The minimum Gasteiger partial charge on any atom is -0.309 e. The summed E-state index contributed by atoms with van der Waals surface area (Å²) in [5.41, 5.74) is 2.44. The van der Waals surface area contributed by atoms with Crippen LogP contribution >= 0.6 is 11.3 Å². The van der Waals surface area contributed by atoms with Gasteiger partial charge in [-0.1, -0.05) is 0 Å². The molecule has 2 aromatic heterocycles. The molecule has 0 bridgehead atoms. The third kappa shape index (κ3) is 2.60. The van der Waals surface area contributed by atoms with Gasteiger partial charge < -0.3 is 5.32 Å². The van der Waals surface area contributed by atoms with Gasteiger partial charge in [0.1, 0.15) is 5.01 Å². The maximum absolute atomic E-state index is 4.64. The number of nitrogens with zero attached hydrogens (tertiary/aromatic N) is 4. The van der Waals surface area contributed by atoms with Crippen LogP contribution in [-0.4, -0.2) is 33.3 Å². The molecule has 3 rings (SSSR count).